The summed E-state index contributed by atoms with van der Waals surface area (Å²) in [5, 5.41) is 0. The summed E-state index contributed by atoms with van der Waals surface area (Å²) in [5.74, 6) is 0.519. The predicted molar refractivity (Wildman–Crippen MR) is 56.1 cm³/mol. The zero-order valence-corrected chi connectivity index (χ0v) is 8.28. The normalized spacial score (nSPS) is 11.5. The van der Waals surface area contributed by atoms with Gasteiger partial charge in [0.15, 0.2) is 5.96 Å². The molecule has 2 N–H and O–H groups in total. The third kappa shape index (κ3) is 2.78. The molecule has 0 radical (unpaired) electrons. The molecule has 0 saturated heterocycles. The molecule has 0 saturated carbocycles. The highest BCUT2D eigenvalue weighted by Crippen LogP contribution is 2.12. The number of nitrogens with two attached hydrogens (primary N) is 1. The van der Waals surface area contributed by atoms with Gasteiger partial charge in [-0.25, -0.2) is 4.99 Å². The minimum absolute atomic E-state index is 0.519. The second kappa shape index (κ2) is 3.94. The van der Waals surface area contributed by atoms with E-state index in [0.29, 0.717) is 5.96 Å². The Bertz CT molecular complexity index is 316. The molecule has 0 spiro atoms. The highest BCUT2D eigenvalue weighted by Gasteiger charge is 1.94. The van der Waals surface area contributed by atoms with Crippen LogP contribution >= 0.6 is 0 Å². The van der Waals surface area contributed by atoms with Crippen molar-refractivity contribution in [3.63, 3.8) is 0 Å². The number of nitrogens with zero attached hydrogens (tertiary/aromatic N) is 2. The lowest BCUT2D eigenvalue weighted by Gasteiger charge is -2.10. The lowest BCUT2D eigenvalue weighted by Crippen LogP contribution is -2.29. The first kappa shape index (κ1) is 9.58. The van der Waals surface area contributed by atoms with Crippen molar-refractivity contribution in [2.45, 2.75) is 6.92 Å². The third-order valence-electron chi connectivity index (χ3n) is 1.70. The molecular formula is C10H15N3. The molecule has 0 aliphatic carbocycles. The highest BCUT2D eigenvalue weighted by molar-refractivity contribution is 5.80. The fourth-order valence-corrected chi connectivity index (χ4v) is 0.930. The molecule has 1 aromatic rings. The molecule has 0 unspecified atom stereocenters. The average molecular weight is 177 g/mol. The Morgan fingerprint density at radius 3 is 2.62 bits per heavy atom. The number of aliphatic imine (C=N–C) groups is 1. The van der Waals surface area contributed by atoms with Crippen molar-refractivity contribution >= 4 is 11.6 Å². The van der Waals surface area contributed by atoms with E-state index < -0.39 is 0 Å². The van der Waals surface area contributed by atoms with E-state index in [1.165, 1.54) is 5.56 Å². The van der Waals surface area contributed by atoms with Crippen molar-refractivity contribution in [3.05, 3.63) is 29.8 Å². The zero-order chi connectivity index (χ0) is 9.84. The largest absolute Gasteiger partial charge is 0.370 e. The molecule has 3 nitrogen and oxygen atoms in total. The molecular weight excluding hydrogens is 162 g/mol. The zero-order valence-electron chi connectivity index (χ0n) is 8.28. The minimum Gasteiger partial charge on any atom is -0.370 e. The van der Waals surface area contributed by atoms with E-state index in [2.05, 4.69) is 4.99 Å². The summed E-state index contributed by atoms with van der Waals surface area (Å²) in [4.78, 5) is 6.02. The van der Waals surface area contributed by atoms with Crippen LogP contribution in [0.3, 0.4) is 0 Å². The standard InChI is InChI=1S/C10H15N3/c1-8-5-4-6-9(7-8)12-10(11)13(2)3/h4-7H,1-3H3,(H2,11,12). The summed E-state index contributed by atoms with van der Waals surface area (Å²) in [6.07, 6.45) is 0. The molecule has 0 fully saturated rings. The smallest absolute Gasteiger partial charge is 0.195 e. The van der Waals surface area contributed by atoms with Crippen LogP contribution in [-0.2, 0) is 0 Å². The van der Waals surface area contributed by atoms with Gasteiger partial charge in [-0.05, 0) is 24.6 Å². The Kier molecular flexibility index (Phi) is 2.90. The van der Waals surface area contributed by atoms with Gasteiger partial charge in [0.05, 0.1) is 5.69 Å². The van der Waals surface area contributed by atoms with Crippen LogP contribution < -0.4 is 5.73 Å². The molecule has 1 aromatic carbocycles. The van der Waals surface area contributed by atoms with E-state index in [1.807, 2.05) is 45.3 Å². The minimum atomic E-state index is 0.519. The Morgan fingerprint density at radius 2 is 2.08 bits per heavy atom. The average Bonchev–Trinajstić information content (AvgIpc) is 2.04. The maximum Gasteiger partial charge on any atom is 0.195 e. The topological polar surface area (TPSA) is 41.6 Å². The van der Waals surface area contributed by atoms with Gasteiger partial charge in [-0.3, -0.25) is 0 Å². The van der Waals surface area contributed by atoms with Gasteiger partial charge in [0.1, 0.15) is 0 Å². The molecule has 3 heteroatoms. The number of rotatable bonds is 1. The van der Waals surface area contributed by atoms with Crippen LogP contribution in [0, 0.1) is 6.92 Å². The SMILES string of the molecule is Cc1cccc(N=C(N)N(C)C)c1. The second-order valence-electron chi connectivity index (χ2n) is 3.20. The molecule has 0 aliphatic heterocycles. The van der Waals surface area contributed by atoms with Crippen molar-refractivity contribution in [2.75, 3.05) is 14.1 Å². The summed E-state index contributed by atoms with van der Waals surface area (Å²) < 4.78 is 0. The quantitative estimate of drug-likeness (QED) is 0.521. The molecule has 0 heterocycles. The Morgan fingerprint density at radius 1 is 1.38 bits per heavy atom. The van der Waals surface area contributed by atoms with Crippen LogP contribution in [0.4, 0.5) is 5.69 Å². The molecule has 0 amide bonds. The summed E-state index contributed by atoms with van der Waals surface area (Å²) in [6, 6.07) is 7.93. The number of hydrogen-bond acceptors (Lipinski definition) is 1. The van der Waals surface area contributed by atoms with Crippen LogP contribution in [0.1, 0.15) is 5.56 Å². The van der Waals surface area contributed by atoms with Gasteiger partial charge in [-0.15, -0.1) is 0 Å². The highest BCUT2D eigenvalue weighted by atomic mass is 15.2. The summed E-state index contributed by atoms with van der Waals surface area (Å²) >= 11 is 0. The summed E-state index contributed by atoms with van der Waals surface area (Å²) in [6.45, 7) is 2.03. The van der Waals surface area contributed by atoms with E-state index >= 15 is 0 Å². The summed E-state index contributed by atoms with van der Waals surface area (Å²) in [5.41, 5.74) is 7.76. The van der Waals surface area contributed by atoms with Crippen LogP contribution in [0.15, 0.2) is 29.3 Å². The maximum absolute atomic E-state index is 5.67. The van der Waals surface area contributed by atoms with E-state index in [-0.39, 0.29) is 0 Å². The maximum atomic E-state index is 5.67. The lowest BCUT2D eigenvalue weighted by atomic mass is 10.2. The van der Waals surface area contributed by atoms with E-state index in [9.17, 15) is 0 Å². The molecule has 0 atom stereocenters. The van der Waals surface area contributed by atoms with Gasteiger partial charge in [0, 0.05) is 14.1 Å². The fourth-order valence-electron chi connectivity index (χ4n) is 0.930. The molecule has 13 heavy (non-hydrogen) atoms. The van der Waals surface area contributed by atoms with Gasteiger partial charge >= 0.3 is 0 Å². The van der Waals surface area contributed by atoms with Crippen LogP contribution in [0.25, 0.3) is 0 Å². The third-order valence-corrected chi connectivity index (χ3v) is 1.70. The Labute approximate surface area is 78.9 Å². The van der Waals surface area contributed by atoms with Crippen molar-refractivity contribution in [1.82, 2.24) is 4.90 Å². The van der Waals surface area contributed by atoms with Crippen LogP contribution in [-0.4, -0.2) is 25.0 Å². The van der Waals surface area contributed by atoms with Gasteiger partial charge in [0.2, 0.25) is 0 Å². The van der Waals surface area contributed by atoms with E-state index in [4.69, 9.17) is 5.73 Å². The Hall–Kier alpha value is -1.51. The van der Waals surface area contributed by atoms with E-state index in [0.717, 1.165) is 5.69 Å². The van der Waals surface area contributed by atoms with Crippen molar-refractivity contribution in [3.8, 4) is 0 Å². The number of aryl methyl sites for hydroxylation is 1. The molecule has 70 valence electrons. The molecule has 0 aromatic heterocycles. The van der Waals surface area contributed by atoms with Gasteiger partial charge < -0.3 is 10.6 Å². The van der Waals surface area contributed by atoms with Gasteiger partial charge in [-0.2, -0.15) is 0 Å². The van der Waals surface area contributed by atoms with Crippen molar-refractivity contribution in [1.29, 1.82) is 0 Å². The monoisotopic (exact) mass is 177 g/mol. The summed E-state index contributed by atoms with van der Waals surface area (Å²) in [7, 11) is 3.74. The van der Waals surface area contributed by atoms with Crippen molar-refractivity contribution in [2.24, 2.45) is 10.7 Å². The van der Waals surface area contributed by atoms with Crippen LogP contribution in [0.2, 0.25) is 0 Å². The molecule has 0 bridgehead atoms. The first-order valence-electron chi connectivity index (χ1n) is 4.18. The lowest BCUT2D eigenvalue weighted by molar-refractivity contribution is 0.615. The number of benzene rings is 1. The van der Waals surface area contributed by atoms with Crippen LogP contribution in [0.5, 0.6) is 0 Å². The Balaban J connectivity index is 2.91. The molecule has 0 aliphatic rings. The fraction of sp³-hybridized carbons (Fsp3) is 0.300. The number of guanidine groups is 1. The van der Waals surface area contributed by atoms with Gasteiger partial charge in [0.25, 0.3) is 0 Å². The first-order chi connectivity index (χ1) is 6.09. The van der Waals surface area contributed by atoms with Gasteiger partial charge in [-0.1, -0.05) is 12.1 Å². The second-order valence-corrected chi connectivity index (χ2v) is 3.20. The predicted octanol–water partition coefficient (Wildman–Crippen LogP) is 1.50. The van der Waals surface area contributed by atoms with E-state index in [1.54, 1.807) is 4.90 Å². The number of hydrogen-bond donors (Lipinski definition) is 1. The first-order valence-corrected chi connectivity index (χ1v) is 4.18. The van der Waals surface area contributed by atoms with Crippen molar-refractivity contribution < 1.29 is 0 Å². The molecule has 1 rings (SSSR count).